The summed E-state index contributed by atoms with van der Waals surface area (Å²) in [6.07, 6.45) is 1.77. The quantitative estimate of drug-likeness (QED) is 0.0415. The van der Waals surface area contributed by atoms with E-state index in [1.54, 1.807) is 89.6 Å². The second-order valence-corrected chi connectivity index (χ2v) is 24.9. The third-order valence-corrected chi connectivity index (χ3v) is 14.0. The molecule has 0 aliphatic heterocycles. The SMILES string of the molecule is C[C@@H](OC(=O)Nc1c(-c2ccc(NS(C)(=O)=O)cn2)nnn1C)c1ccccc1F.Cc1ccc(F)c([C@@H](C)OC(=O)Nc2c(-c3ccc(NS(C)(=O)=O)cn3)nnn2C)c1.Cn1nnc(-c2ccc(NS(C)(=O)=O)cn2)c1NC(=O)O[C@H](CF)c1ccccc1. The molecule has 0 aliphatic rings. The van der Waals surface area contributed by atoms with Gasteiger partial charge in [-0.25, -0.2) is 66.9 Å². The molecule has 0 radical (unpaired) electrons. The van der Waals surface area contributed by atoms with Gasteiger partial charge in [-0.2, -0.15) is 0 Å². The molecule has 6 heterocycles. The first-order valence-electron chi connectivity index (χ1n) is 26.5. The van der Waals surface area contributed by atoms with Crippen LogP contribution in [0, 0.1) is 18.6 Å². The number of carbonyl (C=O) groups excluding carboxylic acids is 3. The number of rotatable bonds is 19. The number of benzene rings is 3. The maximum Gasteiger partial charge on any atom is 0.413 e. The third kappa shape index (κ3) is 19.7. The van der Waals surface area contributed by atoms with Crippen molar-refractivity contribution in [2.24, 2.45) is 21.1 Å². The lowest BCUT2D eigenvalue weighted by atomic mass is 10.1. The summed E-state index contributed by atoms with van der Waals surface area (Å²) in [5.74, 6) is -0.356. The van der Waals surface area contributed by atoms with E-state index < -0.39 is 85.0 Å². The summed E-state index contributed by atoms with van der Waals surface area (Å²) < 4.78 is 136. The van der Waals surface area contributed by atoms with E-state index >= 15 is 0 Å². The fourth-order valence-electron chi connectivity index (χ4n) is 8.03. The highest BCUT2D eigenvalue weighted by Crippen LogP contribution is 2.30. The number of nitrogens with one attached hydrogen (secondary N) is 6. The highest BCUT2D eigenvalue weighted by molar-refractivity contribution is 7.92. The van der Waals surface area contributed by atoms with E-state index in [0.29, 0.717) is 22.6 Å². The van der Waals surface area contributed by atoms with Gasteiger partial charge < -0.3 is 14.2 Å². The Labute approximate surface area is 519 Å². The van der Waals surface area contributed by atoms with Gasteiger partial charge in [0.1, 0.15) is 30.5 Å². The molecule has 91 heavy (non-hydrogen) atoms. The monoisotopic (exact) mass is 1320 g/mol. The van der Waals surface area contributed by atoms with Gasteiger partial charge in [-0.15, -0.1) is 15.3 Å². The Kier molecular flexibility index (Phi) is 22.1. The van der Waals surface area contributed by atoms with Crippen LogP contribution >= 0.6 is 0 Å². The molecule has 0 saturated heterocycles. The van der Waals surface area contributed by atoms with Crippen LogP contribution in [0.2, 0.25) is 0 Å². The van der Waals surface area contributed by atoms with Gasteiger partial charge in [-0.05, 0) is 80.9 Å². The number of pyridine rings is 3. The minimum atomic E-state index is -3.44. The molecule has 9 aromatic rings. The first kappa shape index (κ1) is 67.9. The van der Waals surface area contributed by atoms with Gasteiger partial charge in [0, 0.05) is 32.3 Å². The zero-order chi connectivity index (χ0) is 66.4. The normalized spacial score (nSPS) is 12.3. The maximum absolute atomic E-state index is 14.0. The molecule has 6 aromatic heterocycles. The lowest BCUT2D eigenvalue weighted by molar-refractivity contribution is 0.0928. The van der Waals surface area contributed by atoms with Crippen molar-refractivity contribution in [1.82, 2.24) is 59.9 Å². The Hall–Kier alpha value is -10.6. The van der Waals surface area contributed by atoms with Crippen LogP contribution in [0.3, 0.4) is 0 Å². The van der Waals surface area contributed by atoms with Gasteiger partial charge in [0.15, 0.2) is 40.6 Å². The molecule has 0 saturated carbocycles. The molecule has 0 fully saturated rings. The molecule has 480 valence electrons. The van der Waals surface area contributed by atoms with Crippen molar-refractivity contribution in [2.75, 3.05) is 55.6 Å². The van der Waals surface area contributed by atoms with Crippen LogP contribution < -0.4 is 30.1 Å². The number of carbonyl (C=O) groups is 3. The molecular formula is C55H59F3N18O12S3. The topological polar surface area (TPSA) is 384 Å². The summed E-state index contributed by atoms with van der Waals surface area (Å²) in [5, 5.41) is 31.1. The van der Waals surface area contributed by atoms with E-state index in [9.17, 15) is 52.8 Å². The van der Waals surface area contributed by atoms with Gasteiger partial charge in [0.2, 0.25) is 30.1 Å². The molecule has 30 nitrogen and oxygen atoms in total. The highest BCUT2D eigenvalue weighted by Gasteiger charge is 2.25. The van der Waals surface area contributed by atoms with Gasteiger partial charge >= 0.3 is 18.3 Å². The van der Waals surface area contributed by atoms with E-state index in [-0.39, 0.29) is 62.7 Å². The number of hydrogen-bond donors (Lipinski definition) is 6. The molecule has 0 aliphatic carbocycles. The number of anilines is 6. The number of halogens is 3. The van der Waals surface area contributed by atoms with Gasteiger partial charge in [-0.1, -0.05) is 75.8 Å². The summed E-state index contributed by atoms with van der Waals surface area (Å²) in [7, 11) is -5.63. The Morgan fingerprint density at radius 1 is 0.495 bits per heavy atom. The van der Waals surface area contributed by atoms with Crippen LogP contribution in [-0.2, 0) is 65.4 Å². The average molecular weight is 1320 g/mol. The minimum Gasteiger partial charge on any atom is -0.441 e. The van der Waals surface area contributed by atoms with Crippen molar-refractivity contribution in [3.05, 3.63) is 162 Å². The van der Waals surface area contributed by atoms with Crippen molar-refractivity contribution in [3.8, 4) is 34.2 Å². The first-order valence-corrected chi connectivity index (χ1v) is 32.2. The smallest absolute Gasteiger partial charge is 0.413 e. The summed E-state index contributed by atoms with van der Waals surface area (Å²) in [4.78, 5) is 49.5. The lowest BCUT2D eigenvalue weighted by Crippen LogP contribution is -2.20. The number of aryl methyl sites for hydroxylation is 4. The van der Waals surface area contributed by atoms with E-state index in [1.165, 1.54) is 87.2 Å². The Morgan fingerprint density at radius 3 is 1.22 bits per heavy atom. The largest absolute Gasteiger partial charge is 0.441 e. The molecular weight excluding hydrogens is 1260 g/mol. The fraction of sp³-hybridized carbons (Fsp3) is 0.236. The number of nitrogens with zero attached hydrogens (tertiary/aromatic N) is 12. The highest BCUT2D eigenvalue weighted by atomic mass is 32.2. The van der Waals surface area contributed by atoms with Crippen LogP contribution in [-0.4, -0.2) is 129 Å². The van der Waals surface area contributed by atoms with Crippen molar-refractivity contribution in [1.29, 1.82) is 0 Å². The maximum atomic E-state index is 14.0. The molecule has 0 unspecified atom stereocenters. The zero-order valence-electron chi connectivity index (χ0n) is 49.7. The van der Waals surface area contributed by atoms with E-state index in [4.69, 9.17) is 14.2 Å². The van der Waals surface area contributed by atoms with Crippen molar-refractivity contribution < 1.29 is 67.0 Å². The van der Waals surface area contributed by atoms with Crippen molar-refractivity contribution in [2.45, 2.75) is 39.1 Å². The number of ether oxygens (including phenoxy) is 3. The minimum absolute atomic E-state index is 0.182. The predicted octanol–water partition coefficient (Wildman–Crippen LogP) is 8.21. The van der Waals surface area contributed by atoms with E-state index in [1.807, 2.05) is 6.92 Å². The predicted molar refractivity (Wildman–Crippen MR) is 328 cm³/mol. The zero-order valence-corrected chi connectivity index (χ0v) is 52.1. The fourth-order valence-corrected chi connectivity index (χ4v) is 9.67. The van der Waals surface area contributed by atoms with Gasteiger partial charge in [0.25, 0.3) is 0 Å². The standard InChI is InChI=1S/C19H21FN6O4S.2C18H19FN6O4S/c1-11-5-7-15(20)14(9-11)12(2)30-19(27)22-18-17(23-25-26(18)3)16-8-6-13(10-21-16)24-31(4,28)29;1-11(13-6-4-5-7-14(13)19)29-18(26)21-17-16(22-24-25(17)2)15-9-8-12(10-20-15)23-30(3,27)28;1-25-17(21-18(26)29-15(10-19)12-6-4-3-5-7-12)16(22-24-25)14-9-8-13(11-20-14)23-30(2,27)28/h5-10,12,24H,1-4H3,(H,22,27);4-11,23H,1-3H3,(H,21,26);3-9,11,15,23H,10H2,1-2H3,(H,21,26)/t12-;11-;15-/m111/s1. The molecule has 6 N–H and O–H groups in total. The molecule has 3 atom stereocenters. The second-order valence-electron chi connectivity index (χ2n) is 19.6. The number of amides is 3. The van der Waals surface area contributed by atoms with E-state index in [0.717, 1.165) is 24.3 Å². The number of alkyl halides is 1. The molecule has 0 bridgehead atoms. The third-order valence-electron chi connectivity index (χ3n) is 12.1. The molecule has 36 heteroatoms. The van der Waals surface area contributed by atoms with E-state index in [2.05, 4.69) is 76.0 Å². The summed E-state index contributed by atoms with van der Waals surface area (Å²) in [6.45, 7) is 4.04. The van der Waals surface area contributed by atoms with Gasteiger partial charge in [0.05, 0.1) is 71.5 Å². The van der Waals surface area contributed by atoms with Crippen LogP contribution in [0.5, 0.6) is 0 Å². The van der Waals surface area contributed by atoms with Crippen LogP contribution in [0.15, 0.2) is 128 Å². The van der Waals surface area contributed by atoms with Crippen molar-refractivity contribution >= 4 is 82.9 Å². The molecule has 9 rings (SSSR count). The summed E-state index contributed by atoms with van der Waals surface area (Å²) in [5.41, 5.74) is 4.45. The molecule has 0 spiro atoms. The lowest BCUT2D eigenvalue weighted by Gasteiger charge is -2.16. The van der Waals surface area contributed by atoms with Crippen LogP contribution in [0.4, 0.5) is 62.1 Å². The van der Waals surface area contributed by atoms with Gasteiger partial charge in [-0.3, -0.25) is 45.1 Å². The van der Waals surface area contributed by atoms with Crippen LogP contribution in [0.25, 0.3) is 34.2 Å². The summed E-state index contributed by atoms with van der Waals surface area (Å²) in [6, 6.07) is 28.1. The summed E-state index contributed by atoms with van der Waals surface area (Å²) >= 11 is 0. The molecule has 3 amide bonds. The number of sulfonamides is 3. The van der Waals surface area contributed by atoms with Crippen LogP contribution in [0.1, 0.15) is 54.4 Å². The van der Waals surface area contributed by atoms with Crippen molar-refractivity contribution in [3.63, 3.8) is 0 Å². The average Bonchev–Trinajstić information content (AvgIpc) is 2.39. The number of aromatic nitrogens is 12. The second kappa shape index (κ2) is 29.6. The Morgan fingerprint density at radius 2 is 0.857 bits per heavy atom. The number of hydrogen-bond acceptors (Lipinski definition) is 21. The first-order chi connectivity index (χ1) is 42.9. The molecule has 3 aromatic carbocycles. The Bertz CT molecular complexity index is 4380. The Balaban J connectivity index is 0.000000194.